The maximum atomic E-state index is 9.87. The third kappa shape index (κ3) is 11.5. The molecule has 0 saturated carbocycles. The average molecular weight is 482 g/mol. The van der Waals surface area contributed by atoms with Gasteiger partial charge in [0.1, 0.15) is 23.0 Å². The Bertz CT molecular complexity index is 963. The van der Waals surface area contributed by atoms with Crippen molar-refractivity contribution in [3.63, 3.8) is 0 Å². The monoisotopic (exact) mass is 482 g/mol. The Morgan fingerprint density at radius 2 is 1.03 bits per heavy atom. The van der Waals surface area contributed by atoms with E-state index < -0.39 is 7.81 Å². The van der Waals surface area contributed by atoms with Gasteiger partial charge in [-0.15, -0.1) is 0 Å². The third-order valence-electron chi connectivity index (χ3n) is 3.90. The summed E-state index contributed by atoms with van der Waals surface area (Å²) < 4.78 is 64.4. The van der Waals surface area contributed by atoms with E-state index in [1.165, 1.54) is 28.5 Å². The number of halogens is 6. The van der Waals surface area contributed by atoms with Gasteiger partial charge in [0.2, 0.25) is 0 Å². The zero-order valence-electron chi connectivity index (χ0n) is 16.4. The number of benzene rings is 3. The van der Waals surface area contributed by atoms with Crippen LogP contribution in [0.1, 0.15) is 11.1 Å². The molecule has 0 aromatic heterocycles. The summed E-state index contributed by atoms with van der Waals surface area (Å²) in [7, 11) is -8.97. The van der Waals surface area contributed by atoms with Gasteiger partial charge in [-0.25, -0.2) is 0 Å². The summed E-state index contributed by atoms with van der Waals surface area (Å²) >= 11 is 1.39. The molecule has 0 radical (unpaired) electrons. The van der Waals surface area contributed by atoms with Gasteiger partial charge in [-0.1, -0.05) is 48.5 Å². The molecule has 0 aliphatic heterocycles. The Kier molecular flexibility index (Phi) is 7.23. The molecule has 0 aliphatic rings. The van der Waals surface area contributed by atoms with E-state index in [4.69, 9.17) is 4.74 Å². The summed E-state index contributed by atoms with van der Waals surface area (Å²) in [5.74, 6) is 3.29. The Hall–Kier alpha value is -2.38. The molecule has 0 heterocycles. The van der Waals surface area contributed by atoms with Crippen molar-refractivity contribution in [3.8, 4) is 22.6 Å². The fourth-order valence-electron chi connectivity index (χ4n) is 2.50. The van der Waals surface area contributed by atoms with Crippen LogP contribution >= 0.6 is 7.81 Å². The zero-order chi connectivity index (χ0) is 23.2. The molecule has 0 fully saturated rings. The number of ether oxygens (including phenoxy) is 1. The minimum absolute atomic E-state index is 0.299. The second-order valence-electron chi connectivity index (χ2n) is 6.59. The molecule has 0 amide bonds. The number of phenols is 1. The summed E-state index contributed by atoms with van der Waals surface area (Å²) in [6.45, 7) is 0. The van der Waals surface area contributed by atoms with E-state index >= 15 is 0 Å². The van der Waals surface area contributed by atoms with Crippen LogP contribution < -0.4 is 4.74 Å². The molecule has 0 spiro atoms. The fraction of sp³-hybridized carbons (Fsp3) is 0.143. The van der Waals surface area contributed by atoms with E-state index in [1.54, 1.807) is 19.2 Å². The molecule has 3 aromatic carbocycles. The molecule has 0 unspecified atom stereocenters. The molecule has 1 N–H and O–H groups in total. The standard InChI is InChI=1S/C21H20O2S.F6P/c1-23-21-12-4-17(5-13-21)15-24-14-16-2-6-18(7-3-16)19-8-10-20(22)11-9-19;1-7(2,3,4,5)6/h2-13,22H,14-15H2,1H3;/q;-1/p+1. The maximum absolute atomic E-state index is 10.7. The van der Waals surface area contributed by atoms with Crippen molar-refractivity contribution in [1.82, 2.24) is 0 Å². The van der Waals surface area contributed by atoms with Crippen molar-refractivity contribution in [2.45, 2.75) is 11.5 Å². The Balaban J connectivity index is 0.000000423. The van der Waals surface area contributed by atoms with Crippen molar-refractivity contribution in [2.24, 2.45) is 0 Å². The van der Waals surface area contributed by atoms with Crippen LogP contribution in [0.5, 0.6) is 11.5 Å². The van der Waals surface area contributed by atoms with Crippen LogP contribution in [0.3, 0.4) is 0 Å². The van der Waals surface area contributed by atoms with Crippen LogP contribution in [0.4, 0.5) is 25.2 Å². The molecule has 2 nitrogen and oxygen atoms in total. The first kappa shape index (κ1) is 24.9. The zero-order valence-corrected chi connectivity index (χ0v) is 18.1. The van der Waals surface area contributed by atoms with Crippen LogP contribution in [-0.2, 0) is 23.3 Å². The summed E-state index contributed by atoms with van der Waals surface area (Å²) in [6, 6.07) is 24.2. The molecule has 3 aromatic rings. The summed E-state index contributed by atoms with van der Waals surface area (Å²) in [4.78, 5) is 0. The topological polar surface area (TPSA) is 29.5 Å². The first-order valence-corrected chi connectivity index (χ1v) is 12.2. The molecular weight excluding hydrogens is 461 g/mol. The van der Waals surface area contributed by atoms with Gasteiger partial charge in [0.05, 0.1) is 7.11 Å². The molecule has 0 bridgehead atoms. The van der Waals surface area contributed by atoms with E-state index in [2.05, 4.69) is 36.4 Å². The van der Waals surface area contributed by atoms with E-state index in [1.807, 2.05) is 24.3 Å². The van der Waals surface area contributed by atoms with E-state index in [0.717, 1.165) is 22.8 Å². The number of hydrogen-bond donors (Lipinski definition) is 1. The Morgan fingerprint density at radius 1 is 0.677 bits per heavy atom. The van der Waals surface area contributed by atoms with Crippen LogP contribution in [0, 0.1) is 0 Å². The van der Waals surface area contributed by atoms with Gasteiger partial charge < -0.3 is 9.84 Å². The van der Waals surface area contributed by atoms with Gasteiger partial charge in [0.25, 0.3) is 0 Å². The van der Waals surface area contributed by atoms with Gasteiger partial charge in [-0.3, -0.25) is 0 Å². The van der Waals surface area contributed by atoms with Crippen molar-refractivity contribution >= 4 is 19.6 Å². The summed E-state index contributed by atoms with van der Waals surface area (Å²) in [5.41, 5.74) is 4.96. The normalized spacial score (nSPS) is 13.4. The van der Waals surface area contributed by atoms with Crippen LogP contribution in [0.15, 0.2) is 72.8 Å². The third-order valence-corrected chi connectivity index (χ3v) is 5.08. The number of methoxy groups -OCH3 is 1. The van der Waals surface area contributed by atoms with Gasteiger partial charge in [0.15, 0.2) is 0 Å². The van der Waals surface area contributed by atoms with Crippen LogP contribution in [0.2, 0.25) is 0 Å². The number of aromatic hydroxyl groups is 1. The van der Waals surface area contributed by atoms with Gasteiger partial charge in [-0.2, -0.15) is 0 Å². The van der Waals surface area contributed by atoms with E-state index in [-0.39, 0.29) is 0 Å². The second-order valence-corrected chi connectivity index (χ2v) is 9.59. The van der Waals surface area contributed by atoms with Crippen LogP contribution in [0.25, 0.3) is 11.1 Å². The molecule has 10 heteroatoms. The molecule has 0 aliphatic carbocycles. The fourth-order valence-corrected chi connectivity index (χ4v) is 3.55. The molecule has 3 rings (SSSR count). The first-order chi connectivity index (χ1) is 14.2. The molecule has 31 heavy (non-hydrogen) atoms. The van der Waals surface area contributed by atoms with E-state index in [9.17, 15) is 30.3 Å². The number of thiol groups is 1. The van der Waals surface area contributed by atoms with E-state index in [0.29, 0.717) is 5.75 Å². The summed E-state index contributed by atoms with van der Waals surface area (Å²) in [6.07, 6.45) is 0. The van der Waals surface area contributed by atoms with Gasteiger partial charge in [0, 0.05) is 11.1 Å². The second kappa shape index (κ2) is 9.01. The van der Waals surface area contributed by atoms with Crippen molar-refractivity contribution in [3.05, 3.63) is 83.9 Å². The van der Waals surface area contributed by atoms with Gasteiger partial charge in [-0.05, 0) is 47.2 Å². The Labute approximate surface area is 180 Å². The first-order valence-electron chi connectivity index (χ1n) is 8.90. The molecule has 0 saturated heterocycles. The summed E-state index contributed by atoms with van der Waals surface area (Å²) in [5, 5.41) is 9.36. The van der Waals surface area contributed by atoms with Crippen molar-refractivity contribution in [1.29, 1.82) is 0 Å². The average Bonchev–Trinajstić information content (AvgIpc) is 2.67. The SMILES string of the molecule is COc1ccc(C[SH+]Cc2ccc(-c3ccc(O)cc3)cc2)cc1.F[P-](F)(F)(F)(F)F. The number of rotatable bonds is 6. The van der Waals surface area contributed by atoms with Crippen molar-refractivity contribution in [2.75, 3.05) is 7.11 Å². The van der Waals surface area contributed by atoms with Crippen molar-refractivity contribution < 1.29 is 35.0 Å². The molecule has 0 atom stereocenters. The predicted molar refractivity (Wildman–Crippen MR) is 116 cm³/mol. The Morgan fingerprint density at radius 3 is 1.42 bits per heavy atom. The number of phenolic OH excluding ortho intramolecular Hbond substituents is 1. The van der Waals surface area contributed by atoms with Crippen LogP contribution in [-0.4, -0.2) is 12.2 Å². The molecular formula is C21H21F6O2PS. The molecule has 170 valence electrons. The minimum atomic E-state index is -10.7. The number of hydrogen-bond acceptors (Lipinski definition) is 2. The quantitative estimate of drug-likeness (QED) is 0.167. The predicted octanol–water partition coefficient (Wildman–Crippen LogP) is 7.97. The van der Waals surface area contributed by atoms with Gasteiger partial charge >= 0.3 is 33.0 Å².